The van der Waals surface area contributed by atoms with Gasteiger partial charge in [-0.1, -0.05) is 57.4 Å². The molecule has 3 rings (SSSR count). The van der Waals surface area contributed by atoms with E-state index in [4.69, 9.17) is 6.57 Å². The molecule has 126 valence electrons. The third-order valence-corrected chi connectivity index (χ3v) is 5.14. The maximum absolute atomic E-state index is 12.7. The van der Waals surface area contributed by atoms with Crippen LogP contribution in [0.25, 0.3) is 4.85 Å². The van der Waals surface area contributed by atoms with E-state index in [9.17, 15) is 4.79 Å². The Labute approximate surface area is 147 Å². The fourth-order valence-corrected chi connectivity index (χ4v) is 3.76. The van der Waals surface area contributed by atoms with Gasteiger partial charge in [-0.05, 0) is 17.9 Å². The standard InChI is InChI=1S/C18H19N3OS.CH4/c1-19-15-8-6-14(7-9-15)16(12-13-4-2-3-5-13)17(22)21-18-20-10-11-23-18;/h6-11,13,16H,2-5,12H2,(H,20,21,22);1H4. The van der Waals surface area contributed by atoms with Crippen molar-refractivity contribution in [3.63, 3.8) is 0 Å². The summed E-state index contributed by atoms with van der Waals surface area (Å²) in [5.41, 5.74) is 1.59. The highest BCUT2D eigenvalue weighted by Crippen LogP contribution is 2.35. The number of carbonyl (C=O) groups excluding carboxylic acids is 1. The summed E-state index contributed by atoms with van der Waals surface area (Å²) in [7, 11) is 0. The summed E-state index contributed by atoms with van der Waals surface area (Å²) in [5.74, 6) is 0.437. The summed E-state index contributed by atoms with van der Waals surface area (Å²) in [5, 5.41) is 5.43. The van der Waals surface area contributed by atoms with Crippen LogP contribution >= 0.6 is 11.3 Å². The van der Waals surface area contributed by atoms with Crippen LogP contribution in [-0.2, 0) is 4.79 Å². The summed E-state index contributed by atoms with van der Waals surface area (Å²) < 4.78 is 0. The lowest BCUT2D eigenvalue weighted by atomic mass is 9.87. The molecule has 1 aromatic carbocycles. The number of nitrogens with one attached hydrogen (secondary N) is 1. The number of thiazole rings is 1. The largest absolute Gasteiger partial charge is 0.301 e. The van der Waals surface area contributed by atoms with E-state index in [2.05, 4.69) is 15.1 Å². The molecule has 1 aromatic heterocycles. The molecule has 24 heavy (non-hydrogen) atoms. The molecule has 4 nitrogen and oxygen atoms in total. The van der Waals surface area contributed by atoms with Crippen molar-refractivity contribution in [2.75, 3.05) is 5.32 Å². The van der Waals surface area contributed by atoms with Gasteiger partial charge in [0.05, 0.1) is 12.5 Å². The van der Waals surface area contributed by atoms with Gasteiger partial charge in [-0.3, -0.25) is 4.79 Å². The molecule has 5 heteroatoms. The molecule has 0 bridgehead atoms. The Morgan fingerprint density at radius 1 is 1.33 bits per heavy atom. The van der Waals surface area contributed by atoms with Crippen molar-refractivity contribution in [2.45, 2.75) is 45.4 Å². The van der Waals surface area contributed by atoms with E-state index in [-0.39, 0.29) is 19.3 Å². The molecule has 1 aliphatic carbocycles. The van der Waals surface area contributed by atoms with Crippen LogP contribution in [0, 0.1) is 12.5 Å². The maximum Gasteiger partial charge on any atom is 0.233 e. The average molecular weight is 341 g/mol. The lowest BCUT2D eigenvalue weighted by Gasteiger charge is -2.20. The van der Waals surface area contributed by atoms with E-state index < -0.39 is 0 Å². The number of hydrogen-bond donors (Lipinski definition) is 1. The monoisotopic (exact) mass is 341 g/mol. The van der Waals surface area contributed by atoms with Crippen molar-refractivity contribution in [3.8, 4) is 0 Å². The molecule has 1 heterocycles. The first kappa shape index (κ1) is 18.2. The maximum atomic E-state index is 12.7. The van der Waals surface area contributed by atoms with Gasteiger partial charge in [0.25, 0.3) is 0 Å². The van der Waals surface area contributed by atoms with Gasteiger partial charge in [0.1, 0.15) is 0 Å². The van der Waals surface area contributed by atoms with Gasteiger partial charge >= 0.3 is 0 Å². The van der Waals surface area contributed by atoms with E-state index in [0.717, 1.165) is 12.0 Å². The zero-order chi connectivity index (χ0) is 16.1. The molecule has 1 amide bonds. The van der Waals surface area contributed by atoms with E-state index in [0.29, 0.717) is 16.7 Å². The minimum Gasteiger partial charge on any atom is -0.301 e. The third-order valence-electron chi connectivity index (χ3n) is 4.45. The Hall–Kier alpha value is -2.19. The number of amides is 1. The molecular weight excluding hydrogens is 318 g/mol. The summed E-state index contributed by atoms with van der Waals surface area (Å²) in [4.78, 5) is 20.3. The second kappa shape index (κ2) is 8.60. The Kier molecular flexibility index (Phi) is 6.51. The van der Waals surface area contributed by atoms with Gasteiger partial charge in [0.15, 0.2) is 10.8 Å². The van der Waals surface area contributed by atoms with E-state index in [1.807, 2.05) is 17.5 Å². The second-order valence-electron chi connectivity index (χ2n) is 5.97. The van der Waals surface area contributed by atoms with Crippen LogP contribution in [-0.4, -0.2) is 10.9 Å². The number of nitrogens with zero attached hydrogens (tertiary/aromatic N) is 2. The van der Waals surface area contributed by atoms with Crippen LogP contribution in [0.15, 0.2) is 35.8 Å². The van der Waals surface area contributed by atoms with E-state index >= 15 is 0 Å². The molecule has 1 unspecified atom stereocenters. The number of benzene rings is 1. The van der Waals surface area contributed by atoms with Crippen LogP contribution < -0.4 is 5.32 Å². The van der Waals surface area contributed by atoms with E-state index in [1.54, 1.807) is 18.3 Å². The molecule has 0 radical (unpaired) electrons. The number of anilines is 1. The lowest BCUT2D eigenvalue weighted by Crippen LogP contribution is -2.23. The fraction of sp³-hybridized carbons (Fsp3) is 0.421. The fourth-order valence-electron chi connectivity index (χ4n) is 3.23. The first-order chi connectivity index (χ1) is 11.3. The zero-order valence-corrected chi connectivity index (χ0v) is 13.7. The third kappa shape index (κ3) is 4.42. The highest BCUT2D eigenvalue weighted by atomic mass is 32.1. The Morgan fingerprint density at radius 3 is 2.62 bits per heavy atom. The molecule has 1 saturated carbocycles. The Balaban J connectivity index is 0.00000208. The van der Waals surface area contributed by atoms with Crippen molar-refractivity contribution in [1.82, 2.24) is 4.98 Å². The zero-order valence-electron chi connectivity index (χ0n) is 12.9. The van der Waals surface area contributed by atoms with Crippen LogP contribution in [0.3, 0.4) is 0 Å². The molecule has 2 aromatic rings. The molecule has 0 aliphatic heterocycles. The summed E-state index contributed by atoms with van der Waals surface area (Å²) in [6.45, 7) is 7.06. The SMILES string of the molecule is C.[C-]#[N+]c1ccc(C(CC2CCCC2)C(=O)Nc2nccs2)cc1. The van der Waals surface area contributed by atoms with Crippen molar-refractivity contribution < 1.29 is 4.79 Å². The molecule has 1 atom stereocenters. The quantitative estimate of drug-likeness (QED) is 0.716. The van der Waals surface area contributed by atoms with Gasteiger partial charge in [0, 0.05) is 11.6 Å². The molecule has 1 aliphatic rings. The normalized spacial score (nSPS) is 15.3. The molecule has 1 fully saturated rings. The number of carbonyl (C=O) groups is 1. The highest BCUT2D eigenvalue weighted by Gasteiger charge is 2.27. The first-order valence-corrected chi connectivity index (χ1v) is 8.82. The molecule has 1 N–H and O–H groups in total. The van der Waals surface area contributed by atoms with Crippen LogP contribution in [0.2, 0.25) is 0 Å². The Bertz CT molecular complexity index is 682. The smallest absolute Gasteiger partial charge is 0.233 e. The number of hydrogen-bond acceptors (Lipinski definition) is 3. The van der Waals surface area contributed by atoms with Gasteiger partial charge in [-0.2, -0.15) is 0 Å². The summed E-state index contributed by atoms with van der Waals surface area (Å²) >= 11 is 1.43. The highest BCUT2D eigenvalue weighted by molar-refractivity contribution is 7.13. The van der Waals surface area contributed by atoms with Crippen molar-refractivity contribution in [3.05, 3.63) is 52.8 Å². The molecule has 0 spiro atoms. The van der Waals surface area contributed by atoms with Crippen LogP contribution in [0.4, 0.5) is 10.8 Å². The topological polar surface area (TPSA) is 46.4 Å². The van der Waals surface area contributed by atoms with Crippen LogP contribution in [0.1, 0.15) is 51.0 Å². The summed E-state index contributed by atoms with van der Waals surface area (Å²) in [6.07, 6.45) is 7.51. The number of rotatable bonds is 5. The average Bonchev–Trinajstić information content (AvgIpc) is 3.26. The lowest BCUT2D eigenvalue weighted by molar-refractivity contribution is -0.118. The van der Waals surface area contributed by atoms with Crippen molar-refractivity contribution in [1.29, 1.82) is 0 Å². The first-order valence-electron chi connectivity index (χ1n) is 7.94. The number of aromatic nitrogens is 1. The van der Waals surface area contributed by atoms with Crippen molar-refractivity contribution >= 4 is 28.1 Å². The van der Waals surface area contributed by atoms with Gasteiger partial charge in [-0.25, -0.2) is 9.83 Å². The molecular formula is C19H23N3OS. The minimum atomic E-state index is -0.179. The predicted molar refractivity (Wildman–Crippen MR) is 99.5 cm³/mol. The van der Waals surface area contributed by atoms with Gasteiger partial charge < -0.3 is 5.32 Å². The van der Waals surface area contributed by atoms with Gasteiger partial charge in [-0.15, -0.1) is 11.3 Å². The molecule has 0 saturated heterocycles. The van der Waals surface area contributed by atoms with E-state index in [1.165, 1.54) is 37.0 Å². The van der Waals surface area contributed by atoms with Crippen molar-refractivity contribution in [2.24, 2.45) is 5.92 Å². The predicted octanol–water partition coefficient (Wildman–Crippen LogP) is 5.63. The Morgan fingerprint density at radius 2 is 2.04 bits per heavy atom. The minimum absolute atomic E-state index is 0. The second-order valence-corrected chi connectivity index (χ2v) is 6.86. The van der Waals surface area contributed by atoms with Crippen LogP contribution in [0.5, 0.6) is 0 Å². The summed E-state index contributed by atoms with van der Waals surface area (Å²) in [6, 6.07) is 7.41. The van der Waals surface area contributed by atoms with Gasteiger partial charge in [0.2, 0.25) is 5.91 Å².